The number of thiazole rings is 1. The summed E-state index contributed by atoms with van der Waals surface area (Å²) in [6, 6.07) is 3.60. The van der Waals surface area contributed by atoms with Crippen LogP contribution in [-0.4, -0.2) is 27.6 Å². The zero-order valence-corrected chi connectivity index (χ0v) is 11.2. The summed E-state index contributed by atoms with van der Waals surface area (Å²) < 4.78 is 0. The minimum absolute atomic E-state index is 0.260. The summed E-state index contributed by atoms with van der Waals surface area (Å²) >= 11 is 1.48. The first-order valence-electron chi connectivity index (χ1n) is 5.97. The zero-order valence-electron chi connectivity index (χ0n) is 10.4. The topological polar surface area (TPSA) is 66.3 Å². The van der Waals surface area contributed by atoms with E-state index in [4.69, 9.17) is 0 Å². The van der Waals surface area contributed by atoms with Gasteiger partial charge in [0.1, 0.15) is 5.82 Å². The minimum Gasteiger partial charge on any atom is -0.478 e. The number of pyridine rings is 1. The van der Waals surface area contributed by atoms with Crippen molar-refractivity contribution in [2.45, 2.75) is 0 Å². The fourth-order valence-electron chi connectivity index (χ4n) is 2.13. The third-order valence-electron chi connectivity index (χ3n) is 2.98. The molecule has 1 N–H and O–H groups in total. The monoisotopic (exact) mass is 285 g/mol. The molecule has 2 aromatic heterocycles. The predicted octanol–water partition coefficient (Wildman–Crippen LogP) is 2.41. The molecule has 0 aliphatic carbocycles. The van der Waals surface area contributed by atoms with Crippen molar-refractivity contribution in [3.05, 3.63) is 58.7 Å². The van der Waals surface area contributed by atoms with E-state index in [1.807, 2.05) is 16.4 Å². The summed E-state index contributed by atoms with van der Waals surface area (Å²) in [5, 5.41) is 11.3. The third kappa shape index (κ3) is 2.21. The average molecular weight is 285 g/mol. The maximum atomic E-state index is 11.5. The second kappa shape index (κ2) is 5.26. The molecule has 0 aromatic carbocycles. The zero-order chi connectivity index (χ0) is 13.9. The normalized spacial score (nSPS) is 14.7. The Labute approximate surface area is 119 Å². The Morgan fingerprint density at radius 2 is 2.15 bits per heavy atom. The van der Waals surface area contributed by atoms with E-state index in [2.05, 4.69) is 9.97 Å². The molecule has 0 unspecified atom stereocenters. The highest BCUT2D eigenvalue weighted by Crippen LogP contribution is 2.31. The van der Waals surface area contributed by atoms with E-state index in [1.165, 1.54) is 11.3 Å². The van der Waals surface area contributed by atoms with E-state index in [9.17, 15) is 9.90 Å². The molecule has 0 radical (unpaired) electrons. The van der Waals surface area contributed by atoms with Gasteiger partial charge in [-0.05, 0) is 18.2 Å². The highest BCUT2D eigenvalue weighted by Gasteiger charge is 2.24. The maximum Gasteiger partial charge on any atom is 0.337 e. The summed E-state index contributed by atoms with van der Waals surface area (Å²) in [7, 11) is 0. The van der Waals surface area contributed by atoms with E-state index in [1.54, 1.807) is 36.1 Å². The smallest absolute Gasteiger partial charge is 0.337 e. The molecule has 0 spiro atoms. The molecule has 0 saturated heterocycles. The number of hydrogen-bond donors (Lipinski definition) is 1. The van der Waals surface area contributed by atoms with Crippen molar-refractivity contribution >= 4 is 28.8 Å². The van der Waals surface area contributed by atoms with Crippen LogP contribution in [0.1, 0.15) is 5.56 Å². The van der Waals surface area contributed by atoms with Crippen molar-refractivity contribution in [2.24, 2.45) is 0 Å². The van der Waals surface area contributed by atoms with Gasteiger partial charge < -0.3 is 10.0 Å². The van der Waals surface area contributed by atoms with Gasteiger partial charge in [-0.1, -0.05) is 6.08 Å². The predicted molar refractivity (Wildman–Crippen MR) is 77.4 cm³/mol. The van der Waals surface area contributed by atoms with E-state index < -0.39 is 5.97 Å². The molecular formula is C14H11N3O2S. The van der Waals surface area contributed by atoms with Gasteiger partial charge in [0.25, 0.3) is 0 Å². The number of hydrogen-bond acceptors (Lipinski definition) is 5. The highest BCUT2D eigenvalue weighted by atomic mass is 32.1. The molecule has 2 aromatic rings. The standard InChI is InChI=1S/C14H11N3O2S/c18-14(19)11-2-1-7-17(12-8-20-9-16-12)13(11)10-3-5-15-6-4-10/h1-6,8-9H,7H2,(H,18,19). The Hall–Kier alpha value is -2.47. The fraction of sp³-hybridized carbons (Fsp3) is 0.0714. The van der Waals surface area contributed by atoms with Crippen LogP contribution in [0, 0.1) is 0 Å². The molecule has 0 amide bonds. The van der Waals surface area contributed by atoms with E-state index in [0.717, 1.165) is 11.4 Å². The lowest BCUT2D eigenvalue weighted by Crippen LogP contribution is -2.27. The number of aliphatic carboxylic acids is 1. The third-order valence-corrected chi connectivity index (χ3v) is 3.55. The molecule has 0 saturated carbocycles. The van der Waals surface area contributed by atoms with Gasteiger partial charge in [-0.2, -0.15) is 0 Å². The second-order valence-corrected chi connectivity index (χ2v) is 4.88. The molecule has 1 aliphatic rings. The van der Waals surface area contributed by atoms with Gasteiger partial charge in [0, 0.05) is 29.9 Å². The molecule has 1 aliphatic heterocycles. The first kappa shape index (κ1) is 12.6. The molecule has 20 heavy (non-hydrogen) atoms. The Kier molecular flexibility index (Phi) is 3.30. The van der Waals surface area contributed by atoms with Crippen molar-refractivity contribution in [3.63, 3.8) is 0 Å². The minimum atomic E-state index is -0.951. The van der Waals surface area contributed by atoms with Crippen LogP contribution >= 0.6 is 11.3 Å². The summed E-state index contributed by atoms with van der Waals surface area (Å²) in [5.74, 6) is -0.196. The first-order chi connectivity index (χ1) is 9.77. The Morgan fingerprint density at radius 3 is 2.80 bits per heavy atom. The number of anilines is 1. The fourth-order valence-corrected chi connectivity index (χ4v) is 2.67. The van der Waals surface area contributed by atoms with Crippen molar-refractivity contribution in [2.75, 3.05) is 11.4 Å². The SMILES string of the molecule is O=C(O)C1=C(c2ccncc2)N(c2cscn2)CC=C1. The lowest BCUT2D eigenvalue weighted by Gasteiger charge is -2.28. The van der Waals surface area contributed by atoms with Gasteiger partial charge in [-0.15, -0.1) is 11.3 Å². The number of aromatic nitrogens is 2. The second-order valence-electron chi connectivity index (χ2n) is 4.16. The Morgan fingerprint density at radius 1 is 1.35 bits per heavy atom. The number of carbonyl (C=O) groups is 1. The van der Waals surface area contributed by atoms with Crippen molar-refractivity contribution in [3.8, 4) is 0 Å². The molecule has 3 rings (SSSR count). The summed E-state index contributed by atoms with van der Waals surface area (Å²) in [5.41, 5.74) is 3.46. The van der Waals surface area contributed by atoms with Gasteiger partial charge in [-0.25, -0.2) is 9.78 Å². The van der Waals surface area contributed by atoms with Crippen LogP contribution in [0.3, 0.4) is 0 Å². The van der Waals surface area contributed by atoms with Crippen molar-refractivity contribution in [1.29, 1.82) is 0 Å². The van der Waals surface area contributed by atoms with Crippen LogP contribution in [-0.2, 0) is 4.79 Å². The van der Waals surface area contributed by atoms with E-state index in [0.29, 0.717) is 12.2 Å². The van der Waals surface area contributed by atoms with Gasteiger partial charge in [0.15, 0.2) is 0 Å². The van der Waals surface area contributed by atoms with Crippen LogP contribution < -0.4 is 4.90 Å². The number of nitrogens with zero attached hydrogens (tertiary/aromatic N) is 3. The molecule has 6 heteroatoms. The summed E-state index contributed by atoms with van der Waals surface area (Å²) in [6.45, 7) is 0.595. The first-order valence-corrected chi connectivity index (χ1v) is 6.92. The van der Waals surface area contributed by atoms with Crippen LogP contribution in [0.4, 0.5) is 5.82 Å². The molecule has 0 fully saturated rings. The molecule has 100 valence electrons. The van der Waals surface area contributed by atoms with Gasteiger partial charge >= 0.3 is 5.97 Å². The maximum absolute atomic E-state index is 11.5. The van der Waals surface area contributed by atoms with Gasteiger partial charge in [0.2, 0.25) is 0 Å². The molecular weight excluding hydrogens is 274 g/mol. The lowest BCUT2D eigenvalue weighted by atomic mass is 10.0. The largest absolute Gasteiger partial charge is 0.478 e. The molecule has 0 atom stereocenters. The van der Waals surface area contributed by atoms with Crippen LogP contribution in [0.15, 0.2) is 53.1 Å². The van der Waals surface area contributed by atoms with Crippen molar-refractivity contribution in [1.82, 2.24) is 9.97 Å². The Balaban J connectivity index is 2.17. The number of rotatable bonds is 3. The quantitative estimate of drug-likeness (QED) is 0.938. The van der Waals surface area contributed by atoms with Crippen LogP contribution in [0.5, 0.6) is 0 Å². The molecule has 5 nitrogen and oxygen atoms in total. The van der Waals surface area contributed by atoms with Gasteiger partial charge in [-0.3, -0.25) is 4.98 Å². The van der Waals surface area contributed by atoms with Crippen LogP contribution in [0.25, 0.3) is 5.70 Å². The summed E-state index contributed by atoms with van der Waals surface area (Å²) in [6.07, 6.45) is 6.77. The Bertz CT molecular complexity index is 678. The van der Waals surface area contributed by atoms with Crippen molar-refractivity contribution < 1.29 is 9.90 Å². The average Bonchev–Trinajstić information content (AvgIpc) is 3.01. The molecule has 3 heterocycles. The number of carboxylic acids is 1. The number of carboxylic acid groups (broad SMARTS) is 1. The van der Waals surface area contributed by atoms with Gasteiger partial charge in [0.05, 0.1) is 16.8 Å². The van der Waals surface area contributed by atoms with E-state index in [-0.39, 0.29) is 5.57 Å². The van der Waals surface area contributed by atoms with Crippen LogP contribution in [0.2, 0.25) is 0 Å². The highest BCUT2D eigenvalue weighted by molar-refractivity contribution is 7.07. The summed E-state index contributed by atoms with van der Waals surface area (Å²) in [4.78, 5) is 21.6. The van der Waals surface area contributed by atoms with E-state index >= 15 is 0 Å². The molecule has 0 bridgehead atoms. The lowest BCUT2D eigenvalue weighted by molar-refractivity contribution is -0.132.